The monoisotopic (exact) mass is 426 g/mol. The zero-order valence-electron chi connectivity index (χ0n) is 15.2. The van der Waals surface area contributed by atoms with E-state index in [1.165, 1.54) is 56.3 Å². The van der Waals surface area contributed by atoms with E-state index < -0.39 is 37.7 Å². The lowest BCUT2D eigenvalue weighted by Gasteiger charge is -2.17. The molecule has 0 saturated carbocycles. The number of nitrogens with one attached hydrogen (secondary N) is 1. The first-order valence-electron chi connectivity index (χ1n) is 8.43. The third-order valence-electron chi connectivity index (χ3n) is 4.42. The first-order chi connectivity index (χ1) is 13.0. The average Bonchev–Trinajstić information content (AvgIpc) is 2.81. The summed E-state index contributed by atoms with van der Waals surface area (Å²) in [6.45, 7) is 3.03. The summed E-state index contributed by atoms with van der Waals surface area (Å²) in [6, 6.07) is 9.34. The van der Waals surface area contributed by atoms with Gasteiger partial charge < -0.3 is 0 Å². The predicted octanol–water partition coefficient (Wildman–Crippen LogP) is 1.93. The van der Waals surface area contributed by atoms with Gasteiger partial charge in [0.25, 0.3) is 0 Å². The van der Waals surface area contributed by atoms with Crippen molar-refractivity contribution in [1.82, 2.24) is 4.72 Å². The summed E-state index contributed by atoms with van der Waals surface area (Å²) in [7, 11) is -7.65. The van der Waals surface area contributed by atoms with Gasteiger partial charge in [0, 0.05) is 6.54 Å². The molecule has 1 unspecified atom stereocenters. The number of hydrogen-bond donors (Lipinski definition) is 1. The van der Waals surface area contributed by atoms with E-state index in [0.717, 1.165) is 4.31 Å². The van der Waals surface area contributed by atoms with Crippen molar-refractivity contribution in [1.29, 1.82) is 0 Å². The highest BCUT2D eigenvalue weighted by molar-refractivity contribution is 7.94. The van der Waals surface area contributed by atoms with Crippen LogP contribution in [0.3, 0.4) is 0 Å². The first-order valence-corrected chi connectivity index (χ1v) is 11.5. The summed E-state index contributed by atoms with van der Waals surface area (Å²) in [5.74, 6) is -1.88. The smallest absolute Gasteiger partial charge is 0.244 e. The Morgan fingerprint density at radius 3 is 2.36 bits per heavy atom. The SMILES string of the molecule is Cc1cc(N2C(=O)C(C)CS2(=O)=O)ccc1S(=O)(=O)NCc1ccc(F)cc1. The number of halogens is 1. The van der Waals surface area contributed by atoms with E-state index >= 15 is 0 Å². The van der Waals surface area contributed by atoms with E-state index in [1.807, 2.05) is 0 Å². The van der Waals surface area contributed by atoms with Crippen LogP contribution < -0.4 is 9.03 Å². The van der Waals surface area contributed by atoms with Gasteiger partial charge in [0.2, 0.25) is 26.0 Å². The Hall–Kier alpha value is -2.30. The van der Waals surface area contributed by atoms with Crippen LogP contribution in [0.4, 0.5) is 10.1 Å². The maximum Gasteiger partial charge on any atom is 0.244 e. The van der Waals surface area contributed by atoms with Gasteiger partial charge in [-0.1, -0.05) is 19.1 Å². The fourth-order valence-electron chi connectivity index (χ4n) is 3.01. The molecule has 10 heteroatoms. The molecule has 0 aliphatic carbocycles. The van der Waals surface area contributed by atoms with Crippen LogP contribution in [0.15, 0.2) is 47.4 Å². The molecule has 28 heavy (non-hydrogen) atoms. The van der Waals surface area contributed by atoms with Crippen LogP contribution in [0, 0.1) is 18.7 Å². The van der Waals surface area contributed by atoms with E-state index in [1.54, 1.807) is 0 Å². The molecule has 2 aromatic carbocycles. The van der Waals surface area contributed by atoms with Crippen molar-refractivity contribution in [2.75, 3.05) is 10.1 Å². The molecule has 1 N–H and O–H groups in total. The average molecular weight is 426 g/mol. The van der Waals surface area contributed by atoms with E-state index in [4.69, 9.17) is 0 Å². The molecule has 3 rings (SSSR count). The van der Waals surface area contributed by atoms with E-state index in [2.05, 4.69) is 4.72 Å². The molecule has 0 spiro atoms. The van der Waals surface area contributed by atoms with E-state index in [9.17, 15) is 26.0 Å². The second kappa shape index (κ2) is 7.26. The topological polar surface area (TPSA) is 101 Å². The molecule has 1 amide bonds. The number of amides is 1. The number of aryl methyl sites for hydroxylation is 1. The first kappa shape index (κ1) is 20.4. The van der Waals surface area contributed by atoms with Gasteiger partial charge in [-0.15, -0.1) is 0 Å². The van der Waals surface area contributed by atoms with Crippen molar-refractivity contribution < 1.29 is 26.0 Å². The van der Waals surface area contributed by atoms with Gasteiger partial charge in [-0.05, 0) is 48.4 Å². The molecule has 1 aliphatic rings. The van der Waals surface area contributed by atoms with Crippen LogP contribution in [0.1, 0.15) is 18.1 Å². The van der Waals surface area contributed by atoms with Gasteiger partial charge in [0.1, 0.15) is 5.82 Å². The molecule has 1 fully saturated rings. The number of anilines is 1. The Balaban J connectivity index is 1.85. The minimum atomic E-state index is -3.89. The maximum atomic E-state index is 12.9. The second-order valence-electron chi connectivity index (χ2n) is 6.68. The number of benzene rings is 2. The van der Waals surface area contributed by atoms with Crippen LogP contribution in [0.5, 0.6) is 0 Å². The molecule has 150 valence electrons. The normalized spacial score (nSPS) is 19.2. The second-order valence-corrected chi connectivity index (χ2v) is 10.3. The Kier molecular flexibility index (Phi) is 5.30. The predicted molar refractivity (Wildman–Crippen MR) is 102 cm³/mol. The van der Waals surface area contributed by atoms with Crippen LogP contribution in [0.2, 0.25) is 0 Å². The van der Waals surface area contributed by atoms with E-state index in [-0.39, 0.29) is 22.9 Å². The van der Waals surface area contributed by atoms with Crippen molar-refractivity contribution >= 4 is 31.6 Å². The molecule has 7 nitrogen and oxygen atoms in total. The van der Waals surface area contributed by atoms with E-state index in [0.29, 0.717) is 11.1 Å². The van der Waals surface area contributed by atoms with Crippen molar-refractivity contribution in [2.45, 2.75) is 25.3 Å². The fraction of sp³-hybridized carbons (Fsp3) is 0.278. The molecule has 1 aliphatic heterocycles. The summed E-state index contributed by atoms with van der Waals surface area (Å²) in [6.07, 6.45) is 0. The standard InChI is InChI=1S/C18H19FN2O5S2/c1-12-9-16(21-18(22)13(2)11-27(21,23)24)7-8-17(12)28(25,26)20-10-14-3-5-15(19)6-4-14/h3-9,13,20H,10-11H2,1-2H3. The lowest BCUT2D eigenvalue weighted by molar-refractivity contribution is -0.119. The lowest BCUT2D eigenvalue weighted by Crippen LogP contribution is -2.30. The highest BCUT2D eigenvalue weighted by Crippen LogP contribution is 2.30. The number of hydrogen-bond acceptors (Lipinski definition) is 5. The summed E-state index contributed by atoms with van der Waals surface area (Å²) >= 11 is 0. The number of sulfonamides is 2. The van der Waals surface area contributed by atoms with Crippen LogP contribution in [-0.4, -0.2) is 28.5 Å². The Morgan fingerprint density at radius 2 is 1.82 bits per heavy atom. The Bertz CT molecular complexity index is 1130. The molecular weight excluding hydrogens is 407 g/mol. The molecule has 0 radical (unpaired) electrons. The van der Waals surface area contributed by atoms with Crippen molar-refractivity contribution in [3.8, 4) is 0 Å². The highest BCUT2D eigenvalue weighted by Gasteiger charge is 2.42. The zero-order chi connectivity index (χ0) is 20.7. The third kappa shape index (κ3) is 3.94. The lowest BCUT2D eigenvalue weighted by atomic mass is 10.2. The molecule has 0 aromatic heterocycles. The Labute approximate surface area is 163 Å². The largest absolute Gasteiger partial charge is 0.273 e. The molecular formula is C18H19FN2O5S2. The number of carbonyl (C=O) groups is 1. The number of nitrogens with zero attached hydrogens (tertiary/aromatic N) is 1. The zero-order valence-corrected chi connectivity index (χ0v) is 16.8. The highest BCUT2D eigenvalue weighted by atomic mass is 32.2. The van der Waals surface area contributed by atoms with Gasteiger partial charge in [0.05, 0.1) is 22.3 Å². The van der Waals surface area contributed by atoms with Gasteiger partial charge in [-0.2, -0.15) is 0 Å². The number of rotatable bonds is 5. The molecule has 0 bridgehead atoms. The number of carbonyl (C=O) groups excluding carboxylic acids is 1. The quantitative estimate of drug-likeness (QED) is 0.787. The van der Waals surface area contributed by atoms with Crippen molar-refractivity contribution in [3.63, 3.8) is 0 Å². The Morgan fingerprint density at radius 1 is 1.18 bits per heavy atom. The summed E-state index contributed by atoms with van der Waals surface area (Å²) in [4.78, 5) is 12.2. The van der Waals surface area contributed by atoms with Gasteiger partial charge in [-0.3, -0.25) is 4.79 Å². The molecule has 1 atom stereocenters. The van der Waals surface area contributed by atoms with Crippen molar-refractivity contribution in [2.24, 2.45) is 5.92 Å². The maximum absolute atomic E-state index is 12.9. The van der Waals surface area contributed by atoms with Gasteiger partial charge in [-0.25, -0.2) is 30.3 Å². The van der Waals surface area contributed by atoms with Crippen LogP contribution >= 0.6 is 0 Å². The minimum Gasteiger partial charge on any atom is -0.273 e. The summed E-state index contributed by atoms with van der Waals surface area (Å²) in [5.41, 5.74) is 0.998. The molecule has 2 aromatic rings. The summed E-state index contributed by atoms with van der Waals surface area (Å²) in [5, 5.41) is 0. The summed E-state index contributed by atoms with van der Waals surface area (Å²) < 4.78 is 65.7. The van der Waals surface area contributed by atoms with Gasteiger partial charge >= 0.3 is 0 Å². The van der Waals surface area contributed by atoms with Crippen LogP contribution in [-0.2, 0) is 31.4 Å². The van der Waals surface area contributed by atoms with Crippen LogP contribution in [0.25, 0.3) is 0 Å². The minimum absolute atomic E-state index is 0.0275. The molecule has 1 saturated heterocycles. The fourth-order valence-corrected chi connectivity index (χ4v) is 6.06. The third-order valence-corrected chi connectivity index (χ3v) is 7.85. The molecule has 1 heterocycles. The van der Waals surface area contributed by atoms with Crippen molar-refractivity contribution in [3.05, 3.63) is 59.4 Å². The van der Waals surface area contributed by atoms with Gasteiger partial charge in [0.15, 0.2) is 0 Å².